The van der Waals surface area contributed by atoms with Crippen molar-refractivity contribution in [2.24, 2.45) is 0 Å². The Balaban J connectivity index is 1.41. The normalized spacial score (nSPS) is 21.7. The highest BCUT2D eigenvalue weighted by Gasteiger charge is 2.22. The standard InChI is InChI=1S/C15H20N2OS/c18-15(17-7-3-4-8-17)11-16-10-13-9-12-5-1-2-6-14(12)19-13/h1-2,5-6,13,16H,3-4,7-11H2. The van der Waals surface area contributed by atoms with E-state index in [-0.39, 0.29) is 5.91 Å². The fourth-order valence-corrected chi connectivity index (χ4v) is 4.07. The number of thioether (sulfide) groups is 1. The SMILES string of the molecule is O=C(CNCC1Cc2ccccc2S1)N1CCCC1. The third kappa shape index (κ3) is 3.12. The van der Waals surface area contributed by atoms with Crippen LogP contribution in [-0.2, 0) is 11.2 Å². The smallest absolute Gasteiger partial charge is 0.236 e. The summed E-state index contributed by atoms with van der Waals surface area (Å²) in [5.41, 5.74) is 1.45. The molecule has 1 aromatic rings. The quantitative estimate of drug-likeness (QED) is 0.912. The molecule has 2 heterocycles. The van der Waals surface area contributed by atoms with Gasteiger partial charge in [0, 0.05) is 29.8 Å². The fourth-order valence-electron chi connectivity index (χ4n) is 2.79. The molecular weight excluding hydrogens is 256 g/mol. The molecule has 1 saturated heterocycles. The van der Waals surface area contributed by atoms with Crippen LogP contribution in [0.1, 0.15) is 18.4 Å². The lowest BCUT2D eigenvalue weighted by Crippen LogP contribution is -2.38. The second-order valence-electron chi connectivity index (χ2n) is 5.27. The Kier molecular flexibility index (Phi) is 4.09. The summed E-state index contributed by atoms with van der Waals surface area (Å²) in [4.78, 5) is 15.3. The Hall–Kier alpha value is -1.00. The van der Waals surface area contributed by atoms with Gasteiger partial charge in [-0.25, -0.2) is 0 Å². The van der Waals surface area contributed by atoms with Gasteiger partial charge in [0.05, 0.1) is 6.54 Å². The van der Waals surface area contributed by atoms with Gasteiger partial charge >= 0.3 is 0 Å². The Bertz CT molecular complexity index is 432. The summed E-state index contributed by atoms with van der Waals surface area (Å²) in [6.07, 6.45) is 3.45. The molecule has 3 nitrogen and oxygen atoms in total. The van der Waals surface area contributed by atoms with Crippen molar-refractivity contribution in [1.82, 2.24) is 10.2 Å². The van der Waals surface area contributed by atoms with E-state index in [1.807, 2.05) is 16.7 Å². The average Bonchev–Trinajstić information content (AvgIpc) is 3.07. The van der Waals surface area contributed by atoms with E-state index in [0.717, 1.165) is 26.1 Å². The van der Waals surface area contributed by atoms with Crippen LogP contribution in [0.4, 0.5) is 0 Å². The number of benzene rings is 1. The zero-order chi connectivity index (χ0) is 13.1. The molecule has 1 aromatic carbocycles. The van der Waals surface area contributed by atoms with Crippen LogP contribution >= 0.6 is 11.8 Å². The second-order valence-corrected chi connectivity index (χ2v) is 6.61. The summed E-state index contributed by atoms with van der Waals surface area (Å²) in [5.74, 6) is 0.262. The zero-order valence-electron chi connectivity index (χ0n) is 11.1. The lowest BCUT2D eigenvalue weighted by Gasteiger charge is -2.16. The van der Waals surface area contributed by atoms with Gasteiger partial charge in [-0.15, -0.1) is 11.8 Å². The predicted molar refractivity (Wildman–Crippen MR) is 78.5 cm³/mol. The summed E-state index contributed by atoms with van der Waals surface area (Å²) in [7, 11) is 0. The first-order valence-electron chi connectivity index (χ1n) is 7.06. The molecule has 0 aromatic heterocycles. The van der Waals surface area contributed by atoms with E-state index in [1.165, 1.54) is 23.3 Å². The number of nitrogens with one attached hydrogen (secondary N) is 1. The van der Waals surface area contributed by atoms with Crippen LogP contribution < -0.4 is 5.32 Å². The fraction of sp³-hybridized carbons (Fsp3) is 0.533. The molecule has 1 unspecified atom stereocenters. The summed E-state index contributed by atoms with van der Waals surface area (Å²) in [6, 6.07) is 8.59. The van der Waals surface area contributed by atoms with E-state index in [0.29, 0.717) is 11.8 Å². The number of rotatable bonds is 4. The Morgan fingerprint density at radius 1 is 1.32 bits per heavy atom. The molecule has 2 aliphatic heterocycles. The minimum atomic E-state index is 0.262. The van der Waals surface area contributed by atoms with E-state index in [4.69, 9.17) is 0 Å². The van der Waals surface area contributed by atoms with Gasteiger partial charge in [-0.2, -0.15) is 0 Å². The van der Waals surface area contributed by atoms with Gasteiger partial charge < -0.3 is 10.2 Å². The maximum absolute atomic E-state index is 11.9. The van der Waals surface area contributed by atoms with Crippen molar-refractivity contribution in [3.05, 3.63) is 29.8 Å². The maximum atomic E-state index is 11.9. The van der Waals surface area contributed by atoms with Crippen LogP contribution in [-0.4, -0.2) is 42.2 Å². The van der Waals surface area contributed by atoms with Gasteiger partial charge in [0.2, 0.25) is 5.91 Å². The number of hydrogen-bond acceptors (Lipinski definition) is 3. The van der Waals surface area contributed by atoms with Gasteiger partial charge in [-0.1, -0.05) is 18.2 Å². The minimum absolute atomic E-state index is 0.262. The van der Waals surface area contributed by atoms with Crippen LogP contribution in [0.15, 0.2) is 29.2 Å². The average molecular weight is 276 g/mol. The maximum Gasteiger partial charge on any atom is 0.236 e. The first-order chi connectivity index (χ1) is 9.33. The van der Waals surface area contributed by atoms with E-state index in [2.05, 4.69) is 29.6 Å². The van der Waals surface area contributed by atoms with Crippen molar-refractivity contribution in [2.75, 3.05) is 26.2 Å². The molecule has 0 spiro atoms. The number of carbonyl (C=O) groups excluding carboxylic acids is 1. The summed E-state index contributed by atoms with van der Waals surface area (Å²) in [5, 5.41) is 3.90. The summed E-state index contributed by atoms with van der Waals surface area (Å²) < 4.78 is 0. The molecule has 1 atom stereocenters. The van der Waals surface area contributed by atoms with Gasteiger partial charge in [0.25, 0.3) is 0 Å². The molecule has 102 valence electrons. The number of carbonyl (C=O) groups is 1. The van der Waals surface area contributed by atoms with Crippen molar-refractivity contribution in [2.45, 2.75) is 29.4 Å². The van der Waals surface area contributed by atoms with Crippen LogP contribution in [0.5, 0.6) is 0 Å². The molecule has 0 bridgehead atoms. The van der Waals surface area contributed by atoms with Crippen LogP contribution in [0, 0.1) is 0 Å². The van der Waals surface area contributed by atoms with Crippen molar-refractivity contribution < 1.29 is 4.79 Å². The van der Waals surface area contributed by atoms with E-state index >= 15 is 0 Å². The molecule has 4 heteroatoms. The number of nitrogens with zero attached hydrogens (tertiary/aromatic N) is 1. The Morgan fingerprint density at radius 3 is 2.89 bits per heavy atom. The first-order valence-corrected chi connectivity index (χ1v) is 7.94. The lowest BCUT2D eigenvalue weighted by atomic mass is 10.1. The van der Waals surface area contributed by atoms with Gasteiger partial charge in [0.15, 0.2) is 0 Å². The molecule has 19 heavy (non-hydrogen) atoms. The molecular formula is C15H20N2OS. The summed E-state index contributed by atoms with van der Waals surface area (Å²) in [6.45, 7) is 3.31. The van der Waals surface area contributed by atoms with Crippen molar-refractivity contribution >= 4 is 17.7 Å². The van der Waals surface area contributed by atoms with Gasteiger partial charge in [-0.05, 0) is 30.9 Å². The highest BCUT2D eigenvalue weighted by Crippen LogP contribution is 2.36. The summed E-state index contributed by atoms with van der Waals surface area (Å²) >= 11 is 1.93. The first kappa shape index (κ1) is 13.0. The number of amides is 1. The Labute approximate surface area is 118 Å². The number of likely N-dealkylation sites (tertiary alicyclic amines) is 1. The minimum Gasteiger partial charge on any atom is -0.342 e. The van der Waals surface area contributed by atoms with Crippen LogP contribution in [0.2, 0.25) is 0 Å². The second kappa shape index (κ2) is 5.97. The van der Waals surface area contributed by atoms with E-state index in [9.17, 15) is 4.79 Å². The van der Waals surface area contributed by atoms with Crippen molar-refractivity contribution in [1.29, 1.82) is 0 Å². The highest BCUT2D eigenvalue weighted by molar-refractivity contribution is 8.00. The Morgan fingerprint density at radius 2 is 2.11 bits per heavy atom. The molecule has 1 N–H and O–H groups in total. The third-order valence-corrected chi connectivity index (χ3v) is 5.14. The zero-order valence-corrected chi connectivity index (χ0v) is 11.9. The largest absolute Gasteiger partial charge is 0.342 e. The molecule has 0 saturated carbocycles. The third-order valence-electron chi connectivity index (χ3n) is 3.82. The lowest BCUT2D eigenvalue weighted by molar-refractivity contribution is -0.129. The molecule has 1 fully saturated rings. The monoisotopic (exact) mass is 276 g/mol. The van der Waals surface area contributed by atoms with E-state index < -0.39 is 0 Å². The molecule has 2 aliphatic rings. The highest BCUT2D eigenvalue weighted by atomic mass is 32.2. The van der Waals surface area contributed by atoms with E-state index in [1.54, 1.807) is 0 Å². The topological polar surface area (TPSA) is 32.3 Å². The van der Waals surface area contributed by atoms with Gasteiger partial charge in [-0.3, -0.25) is 4.79 Å². The number of hydrogen-bond donors (Lipinski definition) is 1. The number of fused-ring (bicyclic) bond motifs is 1. The molecule has 1 amide bonds. The van der Waals surface area contributed by atoms with Crippen LogP contribution in [0.3, 0.4) is 0 Å². The van der Waals surface area contributed by atoms with Crippen molar-refractivity contribution in [3.8, 4) is 0 Å². The molecule has 3 rings (SSSR count). The van der Waals surface area contributed by atoms with Crippen LogP contribution in [0.25, 0.3) is 0 Å². The van der Waals surface area contributed by atoms with Gasteiger partial charge in [0.1, 0.15) is 0 Å². The molecule has 0 radical (unpaired) electrons. The predicted octanol–water partition coefficient (Wildman–Crippen LogP) is 1.92. The molecule has 0 aliphatic carbocycles. The van der Waals surface area contributed by atoms with Crippen molar-refractivity contribution in [3.63, 3.8) is 0 Å².